The van der Waals surface area contributed by atoms with E-state index in [2.05, 4.69) is 0 Å². The average Bonchev–Trinajstić information content (AvgIpc) is 2.01. The Hall–Kier alpha value is -0.960. The van der Waals surface area contributed by atoms with Gasteiger partial charge in [0.1, 0.15) is 10.8 Å². The maximum Gasteiger partial charge on any atom is 0.174 e. The lowest BCUT2D eigenvalue weighted by molar-refractivity contribution is 0.397. The fourth-order valence-corrected chi connectivity index (χ4v) is 0.911. The number of ether oxygens (including phenoxy) is 1. The van der Waals surface area contributed by atoms with Gasteiger partial charge in [-0.2, -0.15) is 0 Å². The lowest BCUT2D eigenvalue weighted by Gasteiger charge is -2.03. The number of aromatic hydroxyl groups is 1. The molecule has 1 N–H and O–H groups in total. The van der Waals surface area contributed by atoms with Gasteiger partial charge in [0.25, 0.3) is 0 Å². The van der Waals surface area contributed by atoms with Gasteiger partial charge in [0.2, 0.25) is 0 Å². The number of methoxy groups -OCH3 is 1. The van der Waals surface area contributed by atoms with Gasteiger partial charge in [0.15, 0.2) is 11.6 Å². The lowest BCUT2D eigenvalue weighted by atomic mass is 10.3. The maximum atomic E-state index is 12.5. The van der Waals surface area contributed by atoms with Crippen molar-refractivity contribution in [1.29, 1.82) is 0 Å². The van der Waals surface area contributed by atoms with E-state index in [-0.39, 0.29) is 10.8 Å². The molecule has 4 heteroatoms. The highest BCUT2D eigenvalue weighted by Gasteiger charge is 2.09. The van der Waals surface area contributed by atoms with Gasteiger partial charge in [-0.1, -0.05) is 11.6 Å². The van der Waals surface area contributed by atoms with Crippen molar-refractivity contribution >= 4 is 11.6 Å². The van der Waals surface area contributed by atoms with Gasteiger partial charge in [-0.15, -0.1) is 0 Å². The molecule has 0 bridgehead atoms. The number of hydrogen-bond donors (Lipinski definition) is 1. The van der Waals surface area contributed by atoms with E-state index in [1.807, 2.05) is 0 Å². The molecule has 1 aromatic carbocycles. The van der Waals surface area contributed by atoms with Crippen LogP contribution < -0.4 is 4.74 Å². The second-order valence-electron chi connectivity index (χ2n) is 1.91. The van der Waals surface area contributed by atoms with E-state index < -0.39 is 11.6 Å². The Morgan fingerprint density at radius 3 is 2.73 bits per heavy atom. The molecule has 0 unspecified atom stereocenters. The number of rotatable bonds is 1. The Morgan fingerprint density at radius 1 is 1.55 bits per heavy atom. The van der Waals surface area contributed by atoms with E-state index in [9.17, 15) is 4.39 Å². The molecule has 0 saturated carbocycles. The molecule has 0 heterocycles. The molecule has 0 saturated heterocycles. The minimum Gasteiger partial charge on any atom is -0.504 e. The van der Waals surface area contributed by atoms with Crippen LogP contribution in [-0.4, -0.2) is 12.2 Å². The van der Waals surface area contributed by atoms with E-state index in [1.165, 1.54) is 13.2 Å². The summed E-state index contributed by atoms with van der Waals surface area (Å²) in [6.07, 6.45) is 0. The smallest absolute Gasteiger partial charge is 0.174 e. The minimum absolute atomic E-state index is 0.104. The third-order valence-electron chi connectivity index (χ3n) is 1.25. The van der Waals surface area contributed by atoms with Crippen LogP contribution in [0.25, 0.3) is 0 Å². The number of hydrogen-bond acceptors (Lipinski definition) is 2. The van der Waals surface area contributed by atoms with Crippen LogP contribution in [0.5, 0.6) is 11.5 Å². The van der Waals surface area contributed by atoms with Gasteiger partial charge in [-0.05, 0) is 12.1 Å². The summed E-state index contributed by atoms with van der Waals surface area (Å²) in [5, 5.41) is 8.83. The number of halogens is 2. The van der Waals surface area contributed by atoms with Crippen LogP contribution in [0.2, 0.25) is 5.02 Å². The summed E-state index contributed by atoms with van der Waals surface area (Å²) >= 11 is 5.48. The van der Waals surface area contributed by atoms with Crippen molar-refractivity contribution in [2.24, 2.45) is 0 Å². The van der Waals surface area contributed by atoms with Crippen LogP contribution in [0.15, 0.2) is 12.1 Å². The molecule has 0 spiro atoms. The standard InChI is InChI=1S/C7H6ClFO2/c1-11-5-3-2-4(9)7(10)6(5)8/h2-3,10H,1H3. The molecule has 0 aliphatic heterocycles. The summed E-state index contributed by atoms with van der Waals surface area (Å²) < 4.78 is 17.2. The Balaban J connectivity index is 3.25. The molecule has 1 rings (SSSR count). The van der Waals surface area contributed by atoms with Gasteiger partial charge in [-0.25, -0.2) is 4.39 Å². The molecular weight excluding hydrogens is 171 g/mol. The molecule has 0 radical (unpaired) electrons. The monoisotopic (exact) mass is 176 g/mol. The summed E-state index contributed by atoms with van der Waals surface area (Å²) in [4.78, 5) is 0. The third kappa shape index (κ3) is 1.38. The SMILES string of the molecule is COc1ccc(F)c(O)c1Cl. The van der Waals surface area contributed by atoms with Crippen LogP contribution in [0, 0.1) is 5.82 Å². The second-order valence-corrected chi connectivity index (χ2v) is 2.29. The van der Waals surface area contributed by atoms with Crippen LogP contribution in [-0.2, 0) is 0 Å². The lowest BCUT2D eigenvalue weighted by Crippen LogP contribution is -1.85. The van der Waals surface area contributed by atoms with Gasteiger partial charge in [-0.3, -0.25) is 0 Å². The van der Waals surface area contributed by atoms with Crippen molar-refractivity contribution in [3.05, 3.63) is 23.0 Å². The highest BCUT2D eigenvalue weighted by molar-refractivity contribution is 6.33. The molecule has 2 nitrogen and oxygen atoms in total. The highest BCUT2D eigenvalue weighted by Crippen LogP contribution is 2.34. The molecule has 1 aromatic rings. The first-order chi connectivity index (χ1) is 5.16. The third-order valence-corrected chi connectivity index (χ3v) is 1.62. The van der Waals surface area contributed by atoms with Gasteiger partial charge < -0.3 is 9.84 Å². The number of phenolic OH excluding ortho intramolecular Hbond substituents is 1. The molecule has 11 heavy (non-hydrogen) atoms. The van der Waals surface area contributed by atoms with Gasteiger partial charge in [0, 0.05) is 0 Å². The van der Waals surface area contributed by atoms with Crippen molar-refractivity contribution in [1.82, 2.24) is 0 Å². The molecule has 0 aromatic heterocycles. The largest absolute Gasteiger partial charge is 0.504 e. The summed E-state index contributed by atoms with van der Waals surface area (Å²) in [6.45, 7) is 0. The summed E-state index contributed by atoms with van der Waals surface area (Å²) in [6, 6.07) is 2.43. The minimum atomic E-state index is -0.754. The second kappa shape index (κ2) is 2.96. The van der Waals surface area contributed by atoms with Crippen molar-refractivity contribution in [2.75, 3.05) is 7.11 Å². The van der Waals surface area contributed by atoms with Crippen molar-refractivity contribution in [3.8, 4) is 11.5 Å². The molecule has 0 fully saturated rings. The normalized spacial score (nSPS) is 9.73. The van der Waals surface area contributed by atoms with Crippen LogP contribution >= 0.6 is 11.6 Å². The van der Waals surface area contributed by atoms with E-state index >= 15 is 0 Å². The summed E-state index contributed by atoms with van der Waals surface area (Å²) in [5.74, 6) is -1.08. The molecule has 0 aliphatic carbocycles. The fraction of sp³-hybridized carbons (Fsp3) is 0.143. The predicted molar refractivity (Wildman–Crippen MR) is 39.6 cm³/mol. The number of phenols is 1. The fourth-order valence-electron chi connectivity index (χ4n) is 0.680. The van der Waals surface area contributed by atoms with E-state index in [4.69, 9.17) is 21.4 Å². The molecule has 0 atom stereocenters. The first-order valence-corrected chi connectivity index (χ1v) is 3.25. The van der Waals surface area contributed by atoms with Crippen molar-refractivity contribution in [2.45, 2.75) is 0 Å². The van der Waals surface area contributed by atoms with E-state index in [0.29, 0.717) is 0 Å². The topological polar surface area (TPSA) is 29.5 Å². The zero-order chi connectivity index (χ0) is 8.43. The Bertz CT molecular complexity index is 275. The highest BCUT2D eigenvalue weighted by atomic mass is 35.5. The summed E-state index contributed by atoms with van der Waals surface area (Å²) in [7, 11) is 1.39. The Morgan fingerprint density at radius 2 is 2.18 bits per heavy atom. The van der Waals surface area contributed by atoms with Gasteiger partial charge >= 0.3 is 0 Å². The Kier molecular flexibility index (Phi) is 2.19. The van der Waals surface area contributed by atoms with Crippen molar-refractivity contribution in [3.63, 3.8) is 0 Å². The van der Waals surface area contributed by atoms with E-state index in [0.717, 1.165) is 6.07 Å². The molecule has 60 valence electrons. The average molecular weight is 177 g/mol. The molecule has 0 aliphatic rings. The quantitative estimate of drug-likeness (QED) is 0.711. The predicted octanol–water partition coefficient (Wildman–Crippen LogP) is 2.19. The number of benzene rings is 1. The van der Waals surface area contributed by atoms with Crippen LogP contribution in [0.4, 0.5) is 4.39 Å². The maximum absolute atomic E-state index is 12.5. The first-order valence-electron chi connectivity index (χ1n) is 2.87. The first kappa shape index (κ1) is 8.14. The van der Waals surface area contributed by atoms with Crippen LogP contribution in [0.1, 0.15) is 0 Å². The van der Waals surface area contributed by atoms with Crippen LogP contribution in [0.3, 0.4) is 0 Å². The zero-order valence-corrected chi connectivity index (χ0v) is 6.52. The van der Waals surface area contributed by atoms with Crippen molar-refractivity contribution < 1.29 is 14.2 Å². The molecule has 0 amide bonds. The molecular formula is C7H6ClFO2. The van der Waals surface area contributed by atoms with Gasteiger partial charge in [0.05, 0.1) is 7.11 Å². The Labute approximate surface area is 68.2 Å². The van der Waals surface area contributed by atoms with E-state index in [1.54, 1.807) is 0 Å². The zero-order valence-electron chi connectivity index (χ0n) is 5.77. The summed E-state index contributed by atoms with van der Waals surface area (Å²) in [5.41, 5.74) is 0.